The predicted octanol–water partition coefficient (Wildman–Crippen LogP) is 5.39. The van der Waals surface area contributed by atoms with E-state index < -0.39 is 18.1 Å². The molecule has 3 atom stereocenters. The Morgan fingerprint density at radius 2 is 1.66 bits per heavy atom. The molecule has 1 aliphatic rings. The number of benzene rings is 3. The van der Waals surface area contributed by atoms with Crippen LogP contribution in [0.15, 0.2) is 79.0 Å². The van der Waals surface area contributed by atoms with Gasteiger partial charge in [0.2, 0.25) is 0 Å². The average Bonchev–Trinajstić information content (AvgIpc) is 3.16. The number of H-pyrrole nitrogens is 1. The second-order valence-electron chi connectivity index (χ2n) is 7.53. The Balaban J connectivity index is 1.74. The molecule has 0 spiro atoms. The molecule has 3 aromatic carbocycles. The molecule has 144 valence electrons. The van der Waals surface area contributed by atoms with E-state index in [9.17, 15) is 10.1 Å². The van der Waals surface area contributed by atoms with Gasteiger partial charge >= 0.3 is 0 Å². The fourth-order valence-electron chi connectivity index (χ4n) is 4.37. The molecule has 0 fully saturated rings. The summed E-state index contributed by atoms with van der Waals surface area (Å²) in [4.78, 5) is 15.5. The molecule has 0 amide bonds. The number of aryl methyl sites for hydroxylation is 1. The minimum atomic E-state index is -0.938. The molecule has 29 heavy (non-hydrogen) atoms. The number of hydrogen-bond acceptors (Lipinski definition) is 3. The summed E-state index contributed by atoms with van der Waals surface area (Å²) in [7, 11) is 0. The van der Waals surface area contributed by atoms with E-state index in [0.29, 0.717) is 5.75 Å². The van der Waals surface area contributed by atoms with Crippen molar-refractivity contribution < 1.29 is 9.66 Å². The van der Waals surface area contributed by atoms with Gasteiger partial charge in [0.05, 0.1) is 5.92 Å². The molecular weight excluding hydrogens is 364 g/mol. The summed E-state index contributed by atoms with van der Waals surface area (Å²) in [6, 6.07) is 22.4. The molecule has 5 heteroatoms. The van der Waals surface area contributed by atoms with Crippen molar-refractivity contribution in [2.45, 2.75) is 25.0 Å². The highest BCUT2D eigenvalue weighted by molar-refractivity contribution is 5.84. The summed E-state index contributed by atoms with van der Waals surface area (Å²) < 4.78 is 6.22. The molecule has 0 aliphatic carbocycles. The molecule has 5 nitrogen and oxygen atoms in total. The van der Waals surface area contributed by atoms with Crippen LogP contribution >= 0.6 is 0 Å². The van der Waals surface area contributed by atoms with Crippen molar-refractivity contribution in [3.05, 3.63) is 111 Å². The smallest absolute Gasteiger partial charge is 0.264 e. The number of rotatable bonds is 3. The first-order chi connectivity index (χ1) is 14.1. The van der Waals surface area contributed by atoms with Gasteiger partial charge in [0, 0.05) is 27.6 Å². The highest BCUT2D eigenvalue weighted by Crippen LogP contribution is 2.47. The zero-order valence-electron chi connectivity index (χ0n) is 15.9. The third-order valence-electron chi connectivity index (χ3n) is 5.77. The molecule has 5 rings (SSSR count). The topological polar surface area (TPSA) is 68.2 Å². The predicted molar refractivity (Wildman–Crippen MR) is 112 cm³/mol. The van der Waals surface area contributed by atoms with Crippen LogP contribution in [0.2, 0.25) is 0 Å². The van der Waals surface area contributed by atoms with Crippen LogP contribution in [0.4, 0.5) is 0 Å². The Hall–Kier alpha value is -3.60. The van der Waals surface area contributed by atoms with E-state index in [1.165, 1.54) is 0 Å². The monoisotopic (exact) mass is 384 g/mol. The van der Waals surface area contributed by atoms with Crippen LogP contribution in [0.5, 0.6) is 5.75 Å². The lowest BCUT2D eigenvalue weighted by Gasteiger charge is -2.34. The Kier molecular flexibility index (Phi) is 4.09. The molecule has 0 radical (unpaired) electrons. The van der Waals surface area contributed by atoms with Crippen molar-refractivity contribution in [3.63, 3.8) is 0 Å². The molecule has 1 aromatic heterocycles. The third kappa shape index (κ3) is 2.86. The first kappa shape index (κ1) is 17.5. The van der Waals surface area contributed by atoms with E-state index in [2.05, 4.69) is 4.98 Å². The van der Waals surface area contributed by atoms with E-state index >= 15 is 0 Å². The summed E-state index contributed by atoms with van der Waals surface area (Å²) in [5, 5.41) is 13.4. The van der Waals surface area contributed by atoms with Gasteiger partial charge in [-0.05, 0) is 30.2 Å². The highest BCUT2D eigenvalue weighted by Gasteiger charge is 2.48. The summed E-state index contributed by atoms with van der Waals surface area (Å²) in [6.45, 7) is 2.00. The second kappa shape index (κ2) is 6.78. The molecule has 0 saturated carbocycles. The summed E-state index contributed by atoms with van der Waals surface area (Å²) in [6.07, 6.45) is 1.24. The number of ether oxygens (including phenoxy) is 1. The van der Waals surface area contributed by atoms with Gasteiger partial charge in [-0.2, -0.15) is 0 Å². The van der Waals surface area contributed by atoms with E-state index in [1.807, 2.05) is 85.9 Å². The third-order valence-corrected chi connectivity index (χ3v) is 5.77. The fraction of sp³-hybridized carbons (Fsp3) is 0.167. The Bertz CT molecular complexity index is 1200. The number of aromatic nitrogens is 1. The maximum absolute atomic E-state index is 12.4. The minimum absolute atomic E-state index is 0.188. The SMILES string of the molecule is Cc1ccc([C@@H]2Oc3ccccc3[C@@H](c3c[nH]c4ccccc34)[C@@H]2[N+](=O)[O-])cc1. The summed E-state index contributed by atoms with van der Waals surface area (Å²) in [5.74, 6) is 0.281. The van der Waals surface area contributed by atoms with E-state index in [1.54, 1.807) is 0 Å². The number of aromatic amines is 1. The molecule has 0 unspecified atom stereocenters. The Morgan fingerprint density at radius 3 is 2.45 bits per heavy atom. The molecule has 4 aromatic rings. The van der Waals surface area contributed by atoms with Gasteiger partial charge in [0.15, 0.2) is 6.10 Å². The van der Waals surface area contributed by atoms with Crippen LogP contribution in [-0.2, 0) is 0 Å². The van der Waals surface area contributed by atoms with Crippen LogP contribution in [-0.4, -0.2) is 15.9 Å². The van der Waals surface area contributed by atoms with Crippen molar-refractivity contribution in [1.29, 1.82) is 0 Å². The number of para-hydroxylation sites is 2. The number of hydrogen-bond donors (Lipinski definition) is 1. The molecule has 2 heterocycles. The normalized spacial score (nSPS) is 20.8. The zero-order valence-corrected chi connectivity index (χ0v) is 15.9. The largest absolute Gasteiger partial charge is 0.478 e. The Labute approximate surface area is 168 Å². The van der Waals surface area contributed by atoms with Crippen molar-refractivity contribution in [1.82, 2.24) is 4.98 Å². The first-order valence-electron chi connectivity index (χ1n) is 9.65. The second-order valence-corrected chi connectivity index (χ2v) is 7.53. The molecule has 1 aliphatic heterocycles. The number of nitro groups is 1. The van der Waals surface area contributed by atoms with Crippen molar-refractivity contribution in [2.75, 3.05) is 0 Å². The van der Waals surface area contributed by atoms with E-state index in [-0.39, 0.29) is 4.92 Å². The van der Waals surface area contributed by atoms with E-state index in [0.717, 1.165) is 33.2 Å². The van der Waals surface area contributed by atoms with Crippen LogP contribution in [0.1, 0.15) is 34.3 Å². The quantitative estimate of drug-likeness (QED) is 0.380. The lowest BCUT2D eigenvalue weighted by atomic mass is 9.78. The van der Waals surface area contributed by atoms with Gasteiger partial charge in [-0.25, -0.2) is 0 Å². The van der Waals surface area contributed by atoms with Gasteiger partial charge in [-0.1, -0.05) is 66.2 Å². The molecule has 0 saturated heterocycles. The summed E-state index contributed by atoms with van der Waals surface area (Å²) in [5.41, 5.74) is 4.67. The Morgan fingerprint density at radius 1 is 0.931 bits per heavy atom. The van der Waals surface area contributed by atoms with Gasteiger partial charge in [0.1, 0.15) is 5.75 Å². The minimum Gasteiger partial charge on any atom is -0.478 e. The van der Waals surface area contributed by atoms with Gasteiger partial charge in [-0.15, -0.1) is 0 Å². The highest BCUT2D eigenvalue weighted by atomic mass is 16.6. The van der Waals surface area contributed by atoms with E-state index in [4.69, 9.17) is 4.74 Å². The van der Waals surface area contributed by atoms with Gasteiger partial charge in [-0.3, -0.25) is 10.1 Å². The van der Waals surface area contributed by atoms with Crippen LogP contribution < -0.4 is 4.74 Å². The van der Waals surface area contributed by atoms with Crippen molar-refractivity contribution >= 4 is 10.9 Å². The maximum Gasteiger partial charge on any atom is 0.264 e. The van der Waals surface area contributed by atoms with Crippen molar-refractivity contribution in [2.24, 2.45) is 0 Å². The van der Waals surface area contributed by atoms with Gasteiger partial charge in [0.25, 0.3) is 6.04 Å². The molecular formula is C24H20N2O3. The van der Waals surface area contributed by atoms with Crippen molar-refractivity contribution in [3.8, 4) is 5.75 Å². The van der Waals surface area contributed by atoms with Crippen LogP contribution in [0.3, 0.4) is 0 Å². The zero-order chi connectivity index (χ0) is 20.0. The lowest BCUT2D eigenvalue weighted by Crippen LogP contribution is -2.40. The summed E-state index contributed by atoms with van der Waals surface area (Å²) >= 11 is 0. The molecule has 1 N–H and O–H groups in total. The number of fused-ring (bicyclic) bond motifs is 2. The van der Waals surface area contributed by atoms with Gasteiger partial charge < -0.3 is 9.72 Å². The fourth-order valence-corrected chi connectivity index (χ4v) is 4.37. The lowest BCUT2D eigenvalue weighted by molar-refractivity contribution is -0.538. The average molecular weight is 384 g/mol. The first-order valence-corrected chi connectivity index (χ1v) is 9.65. The number of nitrogens with zero attached hydrogens (tertiary/aromatic N) is 1. The standard InChI is InChI=1S/C24H20N2O3/c1-15-10-12-16(13-11-15)24-23(26(27)28)22(18-7-3-5-9-21(18)29-24)19-14-25-20-8-4-2-6-17(19)20/h2-14,22-25H,1H3/t22-,23-,24-/m0/s1. The van der Waals surface area contributed by atoms with Crippen LogP contribution in [0.25, 0.3) is 10.9 Å². The maximum atomic E-state index is 12.4. The van der Waals surface area contributed by atoms with Crippen LogP contribution in [0, 0.1) is 17.0 Å². The molecule has 0 bridgehead atoms. The number of nitrogens with one attached hydrogen (secondary N) is 1.